The van der Waals surface area contributed by atoms with Gasteiger partial charge in [-0.3, -0.25) is 8.89 Å². The van der Waals surface area contributed by atoms with E-state index in [4.69, 9.17) is 5.73 Å². The van der Waals surface area contributed by atoms with Crippen LogP contribution in [0.2, 0.25) is 0 Å². The summed E-state index contributed by atoms with van der Waals surface area (Å²) in [6.45, 7) is 1.94. The molecule has 2 atom stereocenters. The molecule has 4 nitrogen and oxygen atoms in total. The van der Waals surface area contributed by atoms with Crippen molar-refractivity contribution in [1.82, 2.24) is 9.78 Å². The summed E-state index contributed by atoms with van der Waals surface area (Å²) >= 11 is 0. The van der Waals surface area contributed by atoms with Crippen LogP contribution >= 0.6 is 0 Å². The zero-order chi connectivity index (χ0) is 13.1. The lowest BCUT2D eigenvalue weighted by molar-refractivity contribution is 0.666. The molecule has 0 fully saturated rings. The van der Waals surface area contributed by atoms with Crippen molar-refractivity contribution in [3.63, 3.8) is 0 Å². The highest BCUT2D eigenvalue weighted by Gasteiger charge is 2.11. The van der Waals surface area contributed by atoms with Gasteiger partial charge in [0.25, 0.3) is 0 Å². The van der Waals surface area contributed by atoms with Crippen molar-refractivity contribution >= 4 is 21.7 Å². The van der Waals surface area contributed by atoms with Crippen molar-refractivity contribution in [2.75, 3.05) is 5.75 Å². The van der Waals surface area contributed by atoms with E-state index in [2.05, 4.69) is 5.10 Å². The van der Waals surface area contributed by atoms with Gasteiger partial charge in [0, 0.05) is 35.0 Å². The van der Waals surface area contributed by atoms with E-state index in [1.807, 2.05) is 42.9 Å². The van der Waals surface area contributed by atoms with E-state index in [-0.39, 0.29) is 6.04 Å². The first-order valence-corrected chi connectivity index (χ1v) is 7.58. The number of aryl methyl sites for hydroxylation is 1. The van der Waals surface area contributed by atoms with Crippen LogP contribution in [0.15, 0.2) is 24.3 Å². The number of nitrogens with zero attached hydrogens (tertiary/aromatic N) is 2. The van der Waals surface area contributed by atoms with Crippen LogP contribution in [0.1, 0.15) is 19.0 Å². The van der Waals surface area contributed by atoms with E-state index < -0.39 is 10.8 Å². The molecule has 0 amide bonds. The molecule has 98 valence electrons. The molecule has 1 heterocycles. The Hall–Kier alpha value is -1.20. The van der Waals surface area contributed by atoms with Gasteiger partial charge < -0.3 is 5.73 Å². The van der Waals surface area contributed by atoms with E-state index in [9.17, 15) is 4.21 Å². The lowest BCUT2D eigenvalue weighted by Crippen LogP contribution is -2.18. The molecule has 2 aromatic rings. The fourth-order valence-electron chi connectivity index (χ4n) is 1.94. The maximum atomic E-state index is 12.0. The van der Waals surface area contributed by atoms with E-state index >= 15 is 0 Å². The Kier molecular flexibility index (Phi) is 4.14. The fourth-order valence-corrected chi connectivity index (χ4v) is 3.23. The SMILES string of the molecule is CC(N)CCS(=O)Cc1nn(C)c2ccccc12. The maximum absolute atomic E-state index is 12.0. The molecule has 1 aromatic heterocycles. The fraction of sp³-hybridized carbons (Fsp3) is 0.462. The maximum Gasteiger partial charge on any atom is 0.0827 e. The first-order chi connectivity index (χ1) is 8.58. The Morgan fingerprint density at radius 1 is 1.44 bits per heavy atom. The van der Waals surface area contributed by atoms with Crippen LogP contribution in [0.5, 0.6) is 0 Å². The summed E-state index contributed by atoms with van der Waals surface area (Å²) in [5.41, 5.74) is 7.67. The third-order valence-electron chi connectivity index (χ3n) is 2.93. The van der Waals surface area contributed by atoms with Gasteiger partial charge in [-0.15, -0.1) is 0 Å². The van der Waals surface area contributed by atoms with Crippen LogP contribution in [0, 0.1) is 0 Å². The Labute approximate surface area is 110 Å². The summed E-state index contributed by atoms with van der Waals surface area (Å²) in [7, 11) is 1.02. The van der Waals surface area contributed by atoms with E-state index in [0.29, 0.717) is 11.5 Å². The molecule has 2 N–H and O–H groups in total. The number of hydrogen-bond donors (Lipinski definition) is 1. The van der Waals surface area contributed by atoms with Crippen LogP contribution in [0.25, 0.3) is 10.9 Å². The molecule has 18 heavy (non-hydrogen) atoms. The zero-order valence-electron chi connectivity index (χ0n) is 10.8. The first kappa shape index (κ1) is 13.2. The first-order valence-electron chi connectivity index (χ1n) is 6.09. The number of rotatable bonds is 5. The molecule has 0 aliphatic carbocycles. The second-order valence-corrected chi connectivity index (χ2v) is 6.22. The highest BCUT2D eigenvalue weighted by Crippen LogP contribution is 2.18. The topological polar surface area (TPSA) is 60.9 Å². The molecule has 0 aliphatic rings. The molecular formula is C13H19N3OS. The molecule has 1 aromatic carbocycles. The van der Waals surface area contributed by atoms with E-state index in [1.54, 1.807) is 0 Å². The minimum Gasteiger partial charge on any atom is -0.328 e. The van der Waals surface area contributed by atoms with Gasteiger partial charge in [0.05, 0.1) is 17.0 Å². The van der Waals surface area contributed by atoms with Crippen molar-refractivity contribution < 1.29 is 4.21 Å². The van der Waals surface area contributed by atoms with Crippen molar-refractivity contribution in [1.29, 1.82) is 0 Å². The van der Waals surface area contributed by atoms with Crippen molar-refractivity contribution in [2.24, 2.45) is 12.8 Å². The number of aromatic nitrogens is 2. The number of benzene rings is 1. The van der Waals surface area contributed by atoms with Crippen molar-refractivity contribution in [3.8, 4) is 0 Å². The lowest BCUT2D eigenvalue weighted by atomic mass is 10.2. The molecule has 0 saturated carbocycles. The summed E-state index contributed by atoms with van der Waals surface area (Å²) in [6, 6.07) is 8.13. The van der Waals surface area contributed by atoms with Crippen LogP contribution in [0.4, 0.5) is 0 Å². The lowest BCUT2D eigenvalue weighted by Gasteiger charge is -2.03. The summed E-state index contributed by atoms with van der Waals surface area (Å²) in [5.74, 6) is 1.15. The average Bonchev–Trinajstić information content (AvgIpc) is 2.65. The van der Waals surface area contributed by atoms with E-state index in [0.717, 1.165) is 23.0 Å². The van der Waals surface area contributed by atoms with Crippen molar-refractivity contribution in [2.45, 2.75) is 25.1 Å². The number of hydrogen-bond acceptors (Lipinski definition) is 3. The second kappa shape index (κ2) is 5.63. The summed E-state index contributed by atoms with van der Waals surface area (Å²) in [4.78, 5) is 0. The van der Waals surface area contributed by atoms with Gasteiger partial charge in [-0.1, -0.05) is 18.2 Å². The molecular weight excluding hydrogens is 246 g/mol. The highest BCUT2D eigenvalue weighted by atomic mass is 32.2. The number of nitrogens with two attached hydrogens (primary N) is 1. The Morgan fingerprint density at radius 3 is 2.89 bits per heavy atom. The summed E-state index contributed by atoms with van der Waals surface area (Å²) in [6.07, 6.45) is 0.789. The minimum atomic E-state index is -0.890. The van der Waals surface area contributed by atoms with Gasteiger partial charge in [0.1, 0.15) is 0 Å². The second-order valence-electron chi connectivity index (χ2n) is 4.64. The van der Waals surface area contributed by atoms with Gasteiger partial charge >= 0.3 is 0 Å². The smallest absolute Gasteiger partial charge is 0.0827 e. The van der Waals surface area contributed by atoms with Gasteiger partial charge in [0.15, 0.2) is 0 Å². The molecule has 5 heteroatoms. The molecule has 0 aliphatic heterocycles. The monoisotopic (exact) mass is 265 g/mol. The van der Waals surface area contributed by atoms with Crippen molar-refractivity contribution in [3.05, 3.63) is 30.0 Å². The minimum absolute atomic E-state index is 0.106. The number of fused-ring (bicyclic) bond motifs is 1. The average molecular weight is 265 g/mol. The largest absolute Gasteiger partial charge is 0.328 e. The number of para-hydroxylation sites is 1. The quantitative estimate of drug-likeness (QED) is 0.892. The molecule has 0 radical (unpaired) electrons. The Balaban J connectivity index is 2.14. The van der Waals surface area contributed by atoms with Crippen LogP contribution in [-0.4, -0.2) is 25.8 Å². The predicted molar refractivity (Wildman–Crippen MR) is 75.7 cm³/mol. The summed E-state index contributed by atoms with van der Waals surface area (Å²) in [5, 5.41) is 5.54. The Bertz CT molecular complexity index is 562. The van der Waals surface area contributed by atoms with Crippen LogP contribution < -0.4 is 5.73 Å². The third-order valence-corrected chi connectivity index (χ3v) is 4.22. The van der Waals surface area contributed by atoms with Gasteiger partial charge in [-0.05, 0) is 19.4 Å². The van der Waals surface area contributed by atoms with Gasteiger partial charge in [-0.2, -0.15) is 5.10 Å². The third kappa shape index (κ3) is 2.97. The Morgan fingerprint density at radius 2 is 2.17 bits per heavy atom. The van der Waals surface area contributed by atoms with Gasteiger partial charge in [0.2, 0.25) is 0 Å². The van der Waals surface area contributed by atoms with Gasteiger partial charge in [-0.25, -0.2) is 0 Å². The van der Waals surface area contributed by atoms with Crippen LogP contribution in [-0.2, 0) is 23.6 Å². The molecule has 0 saturated heterocycles. The molecule has 2 unspecified atom stereocenters. The highest BCUT2D eigenvalue weighted by molar-refractivity contribution is 7.84. The normalized spacial score (nSPS) is 14.8. The zero-order valence-corrected chi connectivity index (χ0v) is 11.6. The molecule has 0 spiro atoms. The van der Waals surface area contributed by atoms with Crippen LogP contribution in [0.3, 0.4) is 0 Å². The standard InChI is InChI=1S/C13H19N3OS/c1-10(14)7-8-18(17)9-12-11-5-3-4-6-13(11)16(2)15-12/h3-6,10H,7-9,14H2,1-2H3. The van der Waals surface area contributed by atoms with E-state index in [1.165, 1.54) is 0 Å². The summed E-state index contributed by atoms with van der Waals surface area (Å²) < 4.78 is 13.8. The molecule has 0 bridgehead atoms. The molecule has 2 rings (SSSR count). The predicted octanol–water partition coefficient (Wildman–Crippen LogP) is 1.56.